The molecule has 0 aliphatic carbocycles. The summed E-state index contributed by atoms with van der Waals surface area (Å²) >= 11 is 0. The lowest BCUT2D eigenvalue weighted by atomic mass is 10.0. The number of methoxy groups -OCH3 is 2. The zero-order chi connectivity index (χ0) is 24.0. The fourth-order valence-electron chi connectivity index (χ4n) is 3.30. The lowest BCUT2D eigenvalue weighted by Gasteiger charge is -2.11. The summed E-state index contributed by atoms with van der Waals surface area (Å²) in [5.41, 5.74) is 8.57. The fourth-order valence-corrected chi connectivity index (χ4v) is 3.30. The molecule has 3 rings (SSSR count). The maximum absolute atomic E-state index is 11.8. The number of imidazole rings is 1. The van der Waals surface area contributed by atoms with Gasteiger partial charge in [0, 0.05) is 0 Å². The van der Waals surface area contributed by atoms with Crippen molar-refractivity contribution in [1.29, 1.82) is 0 Å². The van der Waals surface area contributed by atoms with Crippen molar-refractivity contribution in [3.63, 3.8) is 0 Å². The van der Waals surface area contributed by atoms with Crippen LogP contribution in [-0.2, 0) is 38.4 Å². The van der Waals surface area contributed by atoms with Crippen molar-refractivity contribution in [2.24, 2.45) is 0 Å². The number of nitrogens with two attached hydrogens (primary N) is 1. The minimum atomic E-state index is -0.415. The van der Waals surface area contributed by atoms with Crippen molar-refractivity contribution in [2.45, 2.75) is 39.2 Å². The van der Waals surface area contributed by atoms with E-state index in [2.05, 4.69) is 15.0 Å². The molecule has 2 heterocycles. The highest BCUT2D eigenvalue weighted by Crippen LogP contribution is 2.26. The molecule has 11 heteroatoms. The Morgan fingerprint density at radius 3 is 2.18 bits per heavy atom. The average Bonchev–Trinajstić information content (AvgIpc) is 3.09. The highest BCUT2D eigenvalue weighted by molar-refractivity contribution is 5.83. The van der Waals surface area contributed by atoms with Crippen LogP contribution in [0, 0.1) is 0 Å². The number of nitrogen functional groups attached to an aromatic ring is 1. The van der Waals surface area contributed by atoms with Crippen LogP contribution in [-0.4, -0.2) is 57.4 Å². The summed E-state index contributed by atoms with van der Waals surface area (Å²) in [6.07, 6.45) is 1.84. The monoisotopic (exact) mass is 457 g/mol. The van der Waals surface area contributed by atoms with Crippen molar-refractivity contribution in [3.05, 3.63) is 34.9 Å². The highest BCUT2D eigenvalue weighted by Gasteiger charge is 2.18. The topological polar surface area (TPSA) is 152 Å². The Morgan fingerprint density at radius 1 is 1.00 bits per heavy atom. The quantitative estimate of drug-likeness (QED) is 0.340. The van der Waals surface area contributed by atoms with E-state index in [1.165, 1.54) is 18.8 Å². The van der Waals surface area contributed by atoms with E-state index in [9.17, 15) is 14.7 Å². The number of aromatic hydroxyl groups is 1. The Kier molecular flexibility index (Phi) is 7.65. The number of rotatable bonds is 10. The number of ether oxygens (including phenoxy) is 3. The Balaban J connectivity index is 1.99. The molecule has 0 amide bonds. The van der Waals surface area contributed by atoms with Gasteiger partial charge >= 0.3 is 17.9 Å². The molecule has 0 saturated heterocycles. The van der Waals surface area contributed by atoms with Crippen LogP contribution < -0.4 is 10.5 Å². The van der Waals surface area contributed by atoms with Crippen LogP contribution >= 0.6 is 0 Å². The van der Waals surface area contributed by atoms with Gasteiger partial charge in [-0.2, -0.15) is 15.0 Å². The summed E-state index contributed by atoms with van der Waals surface area (Å²) in [6.45, 7) is 2.63. The first-order valence-corrected chi connectivity index (χ1v) is 10.5. The van der Waals surface area contributed by atoms with E-state index in [-0.39, 0.29) is 42.7 Å². The van der Waals surface area contributed by atoms with Gasteiger partial charge in [0.05, 0.1) is 40.2 Å². The van der Waals surface area contributed by atoms with E-state index < -0.39 is 11.9 Å². The summed E-state index contributed by atoms with van der Waals surface area (Å²) in [4.78, 5) is 36.1. The first kappa shape index (κ1) is 23.8. The van der Waals surface area contributed by atoms with Crippen LogP contribution in [0.5, 0.6) is 12.0 Å². The van der Waals surface area contributed by atoms with Gasteiger partial charge in [0.2, 0.25) is 0 Å². The molecule has 1 aromatic carbocycles. The van der Waals surface area contributed by atoms with E-state index >= 15 is 0 Å². The summed E-state index contributed by atoms with van der Waals surface area (Å²) in [5.74, 6) is -0.741. The maximum atomic E-state index is 11.8. The van der Waals surface area contributed by atoms with Gasteiger partial charge in [-0.15, -0.1) is 0 Å². The Labute approximate surface area is 190 Å². The molecule has 0 spiro atoms. The Hall–Kier alpha value is -3.89. The Bertz CT molecular complexity index is 1120. The summed E-state index contributed by atoms with van der Waals surface area (Å²) in [6, 6.07) is 5.10. The van der Waals surface area contributed by atoms with Gasteiger partial charge in [-0.1, -0.05) is 31.5 Å². The molecule has 2 aromatic heterocycles. The second-order valence-electron chi connectivity index (χ2n) is 7.43. The fraction of sp³-hybridized carbons (Fsp3) is 0.409. The molecule has 3 aromatic rings. The number of fused-ring (bicyclic) bond motifs is 1. The van der Waals surface area contributed by atoms with Crippen LogP contribution in [0.4, 0.5) is 5.82 Å². The number of hydrogen-bond acceptors (Lipinski definition) is 10. The van der Waals surface area contributed by atoms with Gasteiger partial charge in [-0.3, -0.25) is 14.2 Å². The Morgan fingerprint density at radius 2 is 1.61 bits per heavy atom. The van der Waals surface area contributed by atoms with Crippen LogP contribution in [0.25, 0.3) is 11.2 Å². The summed E-state index contributed by atoms with van der Waals surface area (Å²) in [5, 5.41) is 10.5. The zero-order valence-electron chi connectivity index (χ0n) is 18.8. The SMILES string of the molecule is CCCCOc1nc(N)c2nc(O)n(Cc3cc(CC(=O)OC)cc(CC(=O)OC)c3)c2n1. The normalized spacial score (nSPS) is 10.9. The van der Waals surface area contributed by atoms with E-state index in [4.69, 9.17) is 19.9 Å². The van der Waals surface area contributed by atoms with Crippen molar-refractivity contribution >= 4 is 28.9 Å². The number of nitrogens with zero attached hydrogens (tertiary/aromatic N) is 4. The molecule has 0 aliphatic rings. The summed E-state index contributed by atoms with van der Waals surface area (Å²) < 4.78 is 16.5. The third kappa shape index (κ3) is 5.88. The molecule has 0 aliphatic heterocycles. The first-order valence-electron chi connectivity index (χ1n) is 10.5. The van der Waals surface area contributed by atoms with Crippen LogP contribution in [0.15, 0.2) is 18.2 Å². The number of esters is 2. The number of carbonyl (C=O) groups is 2. The molecule has 0 atom stereocenters. The number of anilines is 1. The molecule has 11 nitrogen and oxygen atoms in total. The van der Waals surface area contributed by atoms with Gasteiger partial charge in [-0.05, 0) is 23.1 Å². The lowest BCUT2D eigenvalue weighted by Crippen LogP contribution is -2.10. The maximum Gasteiger partial charge on any atom is 0.320 e. The molecule has 0 unspecified atom stereocenters. The predicted molar refractivity (Wildman–Crippen MR) is 119 cm³/mol. The van der Waals surface area contributed by atoms with Crippen LogP contribution in [0.1, 0.15) is 36.5 Å². The van der Waals surface area contributed by atoms with Crippen molar-refractivity contribution in [1.82, 2.24) is 19.5 Å². The smallest absolute Gasteiger partial charge is 0.320 e. The highest BCUT2D eigenvalue weighted by atomic mass is 16.5. The van der Waals surface area contributed by atoms with Crippen LogP contribution in [0.3, 0.4) is 0 Å². The predicted octanol–water partition coefficient (Wildman–Crippen LogP) is 1.77. The second-order valence-corrected chi connectivity index (χ2v) is 7.43. The first-order chi connectivity index (χ1) is 15.8. The number of carbonyl (C=O) groups excluding carboxylic acids is 2. The van der Waals surface area contributed by atoms with Gasteiger partial charge in [-0.25, -0.2) is 0 Å². The van der Waals surface area contributed by atoms with Gasteiger partial charge in [0.1, 0.15) is 0 Å². The molecule has 0 saturated carbocycles. The number of hydrogen-bond donors (Lipinski definition) is 2. The van der Waals surface area contributed by atoms with Gasteiger partial charge in [0.15, 0.2) is 17.0 Å². The zero-order valence-corrected chi connectivity index (χ0v) is 18.8. The van der Waals surface area contributed by atoms with Gasteiger partial charge < -0.3 is 25.1 Å². The number of benzene rings is 1. The molecule has 3 N–H and O–H groups in total. The van der Waals surface area contributed by atoms with E-state index in [1.807, 2.05) is 6.92 Å². The van der Waals surface area contributed by atoms with Crippen molar-refractivity contribution in [3.8, 4) is 12.0 Å². The minimum absolute atomic E-state index is 0.0275. The third-order valence-electron chi connectivity index (χ3n) is 4.92. The molecule has 176 valence electrons. The standard InChI is InChI=1S/C22H27N5O6/c1-4-5-6-33-21-25-19(23)18-20(26-21)27(22(30)24-18)12-15-8-13(10-16(28)31-2)7-14(9-15)11-17(29)32-3/h7-9H,4-6,10-12H2,1-3H3,(H,24,30)(H2,23,25,26). The van der Waals surface area contributed by atoms with E-state index in [1.54, 1.807) is 18.2 Å². The largest absolute Gasteiger partial charge is 0.480 e. The lowest BCUT2D eigenvalue weighted by molar-refractivity contribution is -0.140. The number of aromatic nitrogens is 4. The number of unbranched alkanes of at least 4 members (excludes halogenated alkanes) is 1. The van der Waals surface area contributed by atoms with Crippen molar-refractivity contribution in [2.75, 3.05) is 26.6 Å². The molecule has 33 heavy (non-hydrogen) atoms. The second kappa shape index (κ2) is 10.6. The van der Waals surface area contributed by atoms with Crippen molar-refractivity contribution < 1.29 is 28.9 Å². The molecule has 0 fully saturated rings. The molecule has 0 bridgehead atoms. The van der Waals surface area contributed by atoms with E-state index in [0.717, 1.165) is 12.8 Å². The third-order valence-corrected chi connectivity index (χ3v) is 4.92. The minimum Gasteiger partial charge on any atom is -0.480 e. The van der Waals surface area contributed by atoms with Gasteiger partial charge in [0.25, 0.3) is 6.01 Å². The molecular weight excluding hydrogens is 430 g/mol. The molecule has 0 radical (unpaired) electrons. The van der Waals surface area contributed by atoms with Crippen LogP contribution in [0.2, 0.25) is 0 Å². The molecular formula is C22H27N5O6. The average molecular weight is 457 g/mol. The van der Waals surface area contributed by atoms with E-state index in [0.29, 0.717) is 28.9 Å². The summed E-state index contributed by atoms with van der Waals surface area (Å²) in [7, 11) is 2.61.